The maximum atomic E-state index is 13.0. The van der Waals surface area contributed by atoms with Gasteiger partial charge in [-0.05, 0) is 42.0 Å². The third-order valence-corrected chi connectivity index (χ3v) is 4.07. The number of hydrogen-bond donors (Lipinski definition) is 1. The van der Waals surface area contributed by atoms with Crippen LogP contribution in [-0.2, 0) is 17.5 Å². The highest BCUT2D eigenvalue weighted by Crippen LogP contribution is 2.32. The topological polar surface area (TPSA) is 55.4 Å². The van der Waals surface area contributed by atoms with E-state index in [-0.39, 0.29) is 12.5 Å². The third kappa shape index (κ3) is 5.22. The van der Waals surface area contributed by atoms with Gasteiger partial charge in [0.1, 0.15) is 6.61 Å². The van der Waals surface area contributed by atoms with Crippen LogP contribution >= 0.6 is 0 Å². The number of para-hydroxylation sites is 1. The lowest BCUT2D eigenvalue weighted by atomic mass is 10.1. The van der Waals surface area contributed by atoms with Crippen LogP contribution in [0.15, 0.2) is 78.9 Å². The predicted molar refractivity (Wildman–Crippen MR) is 101 cm³/mol. The largest absolute Gasteiger partial charge is 0.457 e. The monoisotopic (exact) mass is 399 g/mol. The number of nitrogens with one attached hydrogen (secondary N) is 1. The van der Waals surface area contributed by atoms with E-state index < -0.39 is 23.3 Å². The van der Waals surface area contributed by atoms with Crippen molar-refractivity contribution in [3.8, 4) is 0 Å². The van der Waals surface area contributed by atoms with Gasteiger partial charge in [-0.15, -0.1) is 0 Å². The maximum absolute atomic E-state index is 13.0. The van der Waals surface area contributed by atoms with E-state index in [2.05, 4.69) is 5.32 Å². The van der Waals surface area contributed by atoms with Crippen molar-refractivity contribution in [1.82, 2.24) is 0 Å². The molecule has 0 atom stereocenters. The highest BCUT2D eigenvalue weighted by Gasteiger charge is 2.35. The van der Waals surface area contributed by atoms with E-state index in [1.54, 1.807) is 48.5 Å². The summed E-state index contributed by atoms with van der Waals surface area (Å²) in [5.41, 5.74) is 0.000994. The fourth-order valence-electron chi connectivity index (χ4n) is 2.61. The van der Waals surface area contributed by atoms with E-state index in [4.69, 9.17) is 4.74 Å². The van der Waals surface area contributed by atoms with E-state index in [0.29, 0.717) is 16.8 Å². The molecular formula is C22H16F3NO3. The molecular weight excluding hydrogens is 383 g/mol. The molecule has 3 aromatic carbocycles. The minimum atomic E-state index is -4.65. The average Bonchev–Trinajstić information content (AvgIpc) is 2.72. The first kappa shape index (κ1) is 20.1. The van der Waals surface area contributed by atoms with Crippen LogP contribution in [0.2, 0.25) is 0 Å². The number of ether oxygens (including phenoxy) is 1. The smallest absolute Gasteiger partial charge is 0.417 e. The summed E-state index contributed by atoms with van der Waals surface area (Å²) in [5, 5.41) is 2.74. The fraction of sp³-hybridized carbons (Fsp3) is 0.0909. The van der Waals surface area contributed by atoms with Crippen LogP contribution in [0.1, 0.15) is 31.8 Å². The van der Waals surface area contributed by atoms with Gasteiger partial charge in [-0.1, -0.05) is 42.5 Å². The zero-order valence-corrected chi connectivity index (χ0v) is 15.1. The van der Waals surface area contributed by atoms with Gasteiger partial charge in [-0.25, -0.2) is 4.79 Å². The Balaban J connectivity index is 1.62. The van der Waals surface area contributed by atoms with Crippen LogP contribution in [0.5, 0.6) is 0 Å². The van der Waals surface area contributed by atoms with E-state index in [9.17, 15) is 22.8 Å². The Kier molecular flexibility index (Phi) is 5.97. The molecule has 0 aliphatic heterocycles. The second kappa shape index (κ2) is 8.60. The number of carbonyl (C=O) groups is 2. The standard InChI is InChI=1S/C22H16F3NO3/c23-22(24,25)19-9-5-4-8-18(19)21(28)29-14-15-10-12-16(13-11-15)20(27)26-17-6-2-1-3-7-17/h1-13H,14H2,(H,26,27). The summed E-state index contributed by atoms with van der Waals surface area (Å²) >= 11 is 0. The summed E-state index contributed by atoms with van der Waals surface area (Å²) in [5.74, 6) is -1.37. The number of amides is 1. The van der Waals surface area contributed by atoms with Crippen molar-refractivity contribution in [2.24, 2.45) is 0 Å². The van der Waals surface area contributed by atoms with Crippen molar-refractivity contribution >= 4 is 17.6 Å². The number of carbonyl (C=O) groups excluding carboxylic acids is 2. The quantitative estimate of drug-likeness (QED) is 0.591. The highest BCUT2D eigenvalue weighted by molar-refractivity contribution is 6.04. The van der Waals surface area contributed by atoms with Gasteiger partial charge in [0, 0.05) is 11.3 Å². The Morgan fingerprint density at radius 2 is 1.45 bits per heavy atom. The Labute approximate surface area is 164 Å². The van der Waals surface area contributed by atoms with Gasteiger partial charge in [-0.3, -0.25) is 4.79 Å². The average molecular weight is 399 g/mol. The fourth-order valence-corrected chi connectivity index (χ4v) is 2.61. The Hall–Kier alpha value is -3.61. The molecule has 1 amide bonds. The van der Waals surface area contributed by atoms with Crippen LogP contribution < -0.4 is 5.32 Å². The SMILES string of the molecule is O=C(Nc1ccccc1)c1ccc(COC(=O)c2ccccc2C(F)(F)F)cc1. The van der Waals surface area contributed by atoms with E-state index >= 15 is 0 Å². The highest BCUT2D eigenvalue weighted by atomic mass is 19.4. The van der Waals surface area contributed by atoms with Crippen molar-refractivity contribution in [2.45, 2.75) is 12.8 Å². The van der Waals surface area contributed by atoms with Crippen LogP contribution in [0, 0.1) is 0 Å². The second-order valence-corrected chi connectivity index (χ2v) is 6.14. The molecule has 0 aliphatic rings. The first-order valence-electron chi connectivity index (χ1n) is 8.63. The number of anilines is 1. The molecule has 0 fully saturated rings. The van der Waals surface area contributed by atoms with Crippen LogP contribution in [0.4, 0.5) is 18.9 Å². The molecule has 0 radical (unpaired) electrons. The molecule has 0 aliphatic carbocycles. The first-order valence-corrected chi connectivity index (χ1v) is 8.63. The maximum Gasteiger partial charge on any atom is 0.417 e. The lowest BCUT2D eigenvalue weighted by Gasteiger charge is -2.12. The number of rotatable bonds is 5. The second-order valence-electron chi connectivity index (χ2n) is 6.14. The summed E-state index contributed by atoms with van der Waals surface area (Å²) in [6.45, 7) is -0.217. The third-order valence-electron chi connectivity index (χ3n) is 4.07. The molecule has 0 spiro atoms. The molecule has 0 bridgehead atoms. The van der Waals surface area contributed by atoms with Crippen molar-refractivity contribution in [1.29, 1.82) is 0 Å². The normalized spacial score (nSPS) is 11.0. The van der Waals surface area contributed by atoms with Gasteiger partial charge in [0.25, 0.3) is 5.91 Å². The molecule has 7 heteroatoms. The number of benzene rings is 3. The van der Waals surface area contributed by atoms with Crippen molar-refractivity contribution in [3.63, 3.8) is 0 Å². The summed E-state index contributed by atoms with van der Waals surface area (Å²) < 4.78 is 44.0. The van der Waals surface area contributed by atoms with Crippen LogP contribution in [-0.4, -0.2) is 11.9 Å². The van der Waals surface area contributed by atoms with E-state index in [0.717, 1.165) is 12.1 Å². The molecule has 3 aromatic rings. The van der Waals surface area contributed by atoms with Gasteiger partial charge in [0.15, 0.2) is 0 Å². The summed E-state index contributed by atoms with van der Waals surface area (Å²) in [7, 11) is 0. The Bertz CT molecular complexity index is 1000. The van der Waals surface area contributed by atoms with Gasteiger partial charge in [0.05, 0.1) is 11.1 Å². The van der Waals surface area contributed by atoms with Gasteiger partial charge < -0.3 is 10.1 Å². The minimum absolute atomic E-state index is 0.217. The molecule has 4 nitrogen and oxygen atoms in total. The lowest BCUT2D eigenvalue weighted by Crippen LogP contribution is -2.15. The summed E-state index contributed by atoms with van der Waals surface area (Å²) in [6, 6.07) is 19.6. The molecule has 0 heterocycles. The number of esters is 1. The van der Waals surface area contributed by atoms with Gasteiger partial charge >= 0.3 is 12.1 Å². The molecule has 3 rings (SSSR count). The van der Waals surface area contributed by atoms with E-state index in [1.165, 1.54) is 12.1 Å². The Morgan fingerprint density at radius 3 is 2.10 bits per heavy atom. The zero-order chi connectivity index (χ0) is 20.9. The Morgan fingerprint density at radius 1 is 0.828 bits per heavy atom. The van der Waals surface area contributed by atoms with Crippen LogP contribution in [0.25, 0.3) is 0 Å². The molecule has 0 saturated carbocycles. The zero-order valence-electron chi connectivity index (χ0n) is 15.1. The number of halogens is 3. The molecule has 0 saturated heterocycles. The van der Waals surface area contributed by atoms with Crippen molar-refractivity contribution < 1.29 is 27.5 Å². The van der Waals surface area contributed by atoms with Gasteiger partial charge in [-0.2, -0.15) is 13.2 Å². The van der Waals surface area contributed by atoms with E-state index in [1.807, 2.05) is 6.07 Å². The summed E-state index contributed by atoms with van der Waals surface area (Å²) in [4.78, 5) is 24.3. The molecule has 0 unspecified atom stereocenters. The molecule has 1 N–H and O–H groups in total. The predicted octanol–water partition coefficient (Wildman–Crippen LogP) is 5.31. The number of alkyl halides is 3. The summed E-state index contributed by atoms with van der Waals surface area (Å²) in [6.07, 6.45) is -4.65. The van der Waals surface area contributed by atoms with Crippen molar-refractivity contribution in [3.05, 3.63) is 101 Å². The first-order chi connectivity index (χ1) is 13.8. The molecule has 148 valence electrons. The minimum Gasteiger partial charge on any atom is -0.457 e. The van der Waals surface area contributed by atoms with Gasteiger partial charge in [0.2, 0.25) is 0 Å². The van der Waals surface area contributed by atoms with Crippen molar-refractivity contribution in [2.75, 3.05) is 5.32 Å². The number of hydrogen-bond acceptors (Lipinski definition) is 3. The van der Waals surface area contributed by atoms with Crippen LogP contribution in [0.3, 0.4) is 0 Å². The molecule has 0 aromatic heterocycles. The molecule has 29 heavy (non-hydrogen) atoms. The lowest BCUT2D eigenvalue weighted by molar-refractivity contribution is -0.138.